The number of hydrogen-bond donors (Lipinski definition) is 3. The molecule has 200 valence electrons. The lowest BCUT2D eigenvalue weighted by Gasteiger charge is -2.61. The van der Waals surface area contributed by atoms with Gasteiger partial charge in [0.15, 0.2) is 0 Å². The number of aliphatic hydroxyl groups excluding tert-OH is 1. The third-order valence-corrected chi connectivity index (χ3v) is 8.16. The Kier molecular flexibility index (Phi) is 6.47. The molecule has 4 aliphatic rings. The van der Waals surface area contributed by atoms with Crippen LogP contribution in [0.5, 0.6) is 0 Å². The molecule has 0 aliphatic heterocycles. The van der Waals surface area contributed by atoms with E-state index in [0.29, 0.717) is 52.7 Å². The molecule has 2 amide bonds. The maximum Gasteiger partial charge on any atom is 0.255 e. The first-order valence-corrected chi connectivity index (χ1v) is 13.5. The van der Waals surface area contributed by atoms with Crippen molar-refractivity contribution in [1.29, 1.82) is 0 Å². The summed E-state index contributed by atoms with van der Waals surface area (Å²) in [4.78, 5) is 26.2. The van der Waals surface area contributed by atoms with Gasteiger partial charge in [0, 0.05) is 35.7 Å². The first kappa shape index (κ1) is 25.3. The van der Waals surface area contributed by atoms with Gasteiger partial charge in [0.1, 0.15) is 17.2 Å². The average Bonchev–Trinajstić information content (AvgIpc) is 3.13. The lowest BCUT2D eigenvalue weighted by molar-refractivity contribution is -0.0438. The van der Waals surface area contributed by atoms with Crippen LogP contribution in [0.25, 0.3) is 27.7 Å². The maximum absolute atomic E-state index is 13.9. The zero-order chi connectivity index (χ0) is 27.1. The Morgan fingerprint density at radius 3 is 2.64 bits per heavy atom. The van der Waals surface area contributed by atoms with Gasteiger partial charge in [-0.3, -0.25) is 9.59 Å². The smallest absolute Gasteiger partial charge is 0.255 e. The van der Waals surface area contributed by atoms with Crippen LogP contribution in [0.15, 0.2) is 70.9 Å². The quantitative estimate of drug-likeness (QED) is 0.343. The van der Waals surface area contributed by atoms with Gasteiger partial charge < -0.3 is 20.2 Å². The summed E-state index contributed by atoms with van der Waals surface area (Å²) in [6.07, 6.45) is 11.0. The zero-order valence-electron chi connectivity index (χ0n) is 21.9. The SMILES string of the molecule is CNC(=O)c1c(C2=CCC=C(F)C=C2)oc2cc(CCCO)c(-c3cccc(C(=O)NC45CC(C4)C5)c3)cc12. The van der Waals surface area contributed by atoms with Gasteiger partial charge in [-0.1, -0.05) is 18.2 Å². The molecule has 1 heterocycles. The van der Waals surface area contributed by atoms with Crippen molar-refractivity contribution in [2.45, 2.75) is 44.1 Å². The monoisotopic (exact) mass is 526 g/mol. The van der Waals surface area contributed by atoms with Crippen LogP contribution >= 0.6 is 0 Å². The van der Waals surface area contributed by atoms with E-state index in [-0.39, 0.29) is 29.8 Å². The molecule has 3 saturated carbocycles. The number of halogens is 1. The minimum absolute atomic E-state index is 0.0157. The van der Waals surface area contributed by atoms with Crippen molar-refractivity contribution in [2.24, 2.45) is 5.92 Å². The summed E-state index contributed by atoms with van der Waals surface area (Å²) in [5, 5.41) is 16.1. The van der Waals surface area contributed by atoms with Crippen molar-refractivity contribution in [2.75, 3.05) is 13.7 Å². The van der Waals surface area contributed by atoms with Crippen LogP contribution in [0.2, 0.25) is 0 Å². The van der Waals surface area contributed by atoms with Crippen molar-refractivity contribution in [3.8, 4) is 11.1 Å². The number of aliphatic hydroxyl groups is 1. The fourth-order valence-electron chi connectivity index (χ4n) is 6.03. The van der Waals surface area contributed by atoms with Crippen LogP contribution in [-0.2, 0) is 6.42 Å². The van der Waals surface area contributed by atoms with Gasteiger partial charge in [-0.15, -0.1) is 0 Å². The fourth-order valence-corrected chi connectivity index (χ4v) is 6.03. The summed E-state index contributed by atoms with van der Waals surface area (Å²) in [6, 6.07) is 11.4. The molecule has 39 heavy (non-hydrogen) atoms. The summed E-state index contributed by atoms with van der Waals surface area (Å²) in [6.45, 7) is 0.0339. The number of carbonyl (C=O) groups excluding carboxylic acids is 2. The van der Waals surface area contributed by atoms with E-state index in [1.54, 1.807) is 13.1 Å². The van der Waals surface area contributed by atoms with Crippen LogP contribution in [-0.4, -0.2) is 36.1 Å². The van der Waals surface area contributed by atoms with E-state index >= 15 is 0 Å². The largest absolute Gasteiger partial charge is 0.455 e. The fraction of sp³-hybridized carbons (Fsp3) is 0.312. The van der Waals surface area contributed by atoms with E-state index in [2.05, 4.69) is 10.6 Å². The van der Waals surface area contributed by atoms with Crippen molar-refractivity contribution in [3.05, 3.63) is 89.0 Å². The normalized spacial score (nSPS) is 21.4. The lowest BCUT2D eigenvalue weighted by atomic mass is 9.50. The average molecular weight is 527 g/mol. The zero-order valence-corrected chi connectivity index (χ0v) is 21.9. The second-order valence-corrected chi connectivity index (χ2v) is 10.8. The molecule has 6 nitrogen and oxygen atoms in total. The molecule has 7 heteroatoms. The molecule has 3 N–H and O–H groups in total. The van der Waals surface area contributed by atoms with E-state index < -0.39 is 0 Å². The minimum atomic E-state index is -0.342. The minimum Gasteiger partial charge on any atom is -0.455 e. The molecule has 2 bridgehead atoms. The molecule has 7 rings (SSSR count). The van der Waals surface area contributed by atoms with Gasteiger partial charge in [-0.2, -0.15) is 0 Å². The van der Waals surface area contributed by atoms with Crippen LogP contribution in [0.4, 0.5) is 4.39 Å². The van der Waals surface area contributed by atoms with Crippen LogP contribution in [0, 0.1) is 5.92 Å². The number of furan rings is 1. The molecule has 4 aliphatic carbocycles. The standard InChI is InChI=1S/C32H31FN2O4/c1-34-31(38)28-26-15-25(21-6-2-7-23(13-21)30(37)35-32-16-19(17-32)18-32)22(8-4-12-36)14-27(26)39-29(28)20-5-3-9-24(33)11-10-20/h2,5-7,9-11,13-15,19,36H,3-4,8,12,16-18H2,1H3,(H,34,38)(H,35,37). The third kappa shape index (κ3) is 4.61. The van der Waals surface area contributed by atoms with E-state index in [4.69, 9.17) is 4.42 Å². The van der Waals surface area contributed by atoms with Crippen LogP contribution in [0.1, 0.15) is 64.1 Å². The number of nitrogens with one attached hydrogen (secondary N) is 2. The van der Waals surface area contributed by atoms with Gasteiger partial charge in [0.2, 0.25) is 0 Å². The highest BCUT2D eigenvalue weighted by atomic mass is 19.1. The number of hydrogen-bond acceptors (Lipinski definition) is 4. The summed E-state index contributed by atoms with van der Waals surface area (Å²) < 4.78 is 20.1. The third-order valence-electron chi connectivity index (χ3n) is 8.16. The van der Waals surface area contributed by atoms with Crippen LogP contribution in [0.3, 0.4) is 0 Å². The Morgan fingerprint density at radius 2 is 1.92 bits per heavy atom. The van der Waals surface area contributed by atoms with Gasteiger partial charge in [0.25, 0.3) is 11.8 Å². The number of allylic oxidation sites excluding steroid dienone is 6. The lowest BCUT2D eigenvalue weighted by Crippen LogP contribution is -2.68. The second kappa shape index (κ2) is 9.97. The van der Waals surface area contributed by atoms with E-state index in [1.807, 2.05) is 42.5 Å². The van der Waals surface area contributed by atoms with Gasteiger partial charge in [-0.05, 0) is 104 Å². The number of aryl methyl sites for hydroxylation is 1. The Morgan fingerprint density at radius 1 is 1.10 bits per heavy atom. The molecule has 0 saturated heterocycles. The first-order chi connectivity index (χ1) is 18.9. The van der Waals surface area contributed by atoms with Crippen molar-refractivity contribution < 1.29 is 23.5 Å². The van der Waals surface area contributed by atoms with E-state index in [9.17, 15) is 19.1 Å². The van der Waals surface area contributed by atoms with Gasteiger partial charge >= 0.3 is 0 Å². The molecule has 3 fully saturated rings. The predicted octanol–water partition coefficient (Wildman–Crippen LogP) is 5.86. The second-order valence-electron chi connectivity index (χ2n) is 10.8. The van der Waals surface area contributed by atoms with Crippen molar-refractivity contribution in [3.63, 3.8) is 0 Å². The number of fused-ring (bicyclic) bond motifs is 1. The Hall–Kier alpha value is -3.97. The topological polar surface area (TPSA) is 91.6 Å². The highest BCUT2D eigenvalue weighted by molar-refractivity contribution is 6.11. The molecule has 0 spiro atoms. The summed E-state index contributed by atoms with van der Waals surface area (Å²) in [7, 11) is 1.56. The number of benzene rings is 2. The molecule has 0 radical (unpaired) electrons. The summed E-state index contributed by atoms with van der Waals surface area (Å²) >= 11 is 0. The highest BCUT2D eigenvalue weighted by Gasteiger charge is 2.57. The van der Waals surface area contributed by atoms with Gasteiger partial charge in [-0.25, -0.2) is 4.39 Å². The molecule has 1 aromatic heterocycles. The molecule has 0 atom stereocenters. The highest BCUT2D eigenvalue weighted by Crippen LogP contribution is 2.57. The number of amides is 2. The summed E-state index contributed by atoms with van der Waals surface area (Å²) in [5.74, 6) is 0.423. The maximum atomic E-state index is 13.9. The van der Waals surface area contributed by atoms with Crippen LogP contribution < -0.4 is 10.6 Å². The molecular formula is C32H31FN2O4. The predicted molar refractivity (Wildman–Crippen MR) is 149 cm³/mol. The molecule has 2 aromatic carbocycles. The summed E-state index contributed by atoms with van der Waals surface area (Å²) in [5.41, 5.74) is 4.76. The van der Waals surface area contributed by atoms with E-state index in [0.717, 1.165) is 41.9 Å². The number of rotatable bonds is 8. The molecular weight excluding hydrogens is 495 g/mol. The molecule has 3 aromatic rings. The Bertz CT molecular complexity index is 1560. The number of carbonyl (C=O) groups is 2. The Balaban J connectivity index is 1.45. The van der Waals surface area contributed by atoms with E-state index in [1.165, 1.54) is 12.2 Å². The molecule has 0 unspecified atom stereocenters. The van der Waals surface area contributed by atoms with Gasteiger partial charge in [0.05, 0.1) is 5.56 Å². The Labute approximate surface area is 226 Å². The first-order valence-electron chi connectivity index (χ1n) is 13.5. The van der Waals surface area contributed by atoms with Crippen molar-refractivity contribution in [1.82, 2.24) is 10.6 Å². The van der Waals surface area contributed by atoms with Crippen molar-refractivity contribution >= 4 is 28.4 Å².